The van der Waals surface area contributed by atoms with Crippen molar-refractivity contribution >= 4 is 35.2 Å². The number of hydrogen-bond acceptors (Lipinski definition) is 9. The van der Waals surface area contributed by atoms with Gasteiger partial charge in [-0.3, -0.25) is 24.6 Å². The number of thioether (sulfide) groups is 1. The fourth-order valence-corrected chi connectivity index (χ4v) is 4.27. The summed E-state index contributed by atoms with van der Waals surface area (Å²) in [6, 6.07) is 7.89. The zero-order valence-electron chi connectivity index (χ0n) is 17.6. The van der Waals surface area contributed by atoms with Crippen molar-refractivity contribution in [1.29, 1.82) is 0 Å². The topological polar surface area (TPSA) is 125 Å². The predicted molar refractivity (Wildman–Crippen MR) is 117 cm³/mol. The molecule has 0 aromatic heterocycles. The van der Waals surface area contributed by atoms with E-state index in [-0.39, 0.29) is 43.2 Å². The molecule has 0 aliphatic carbocycles. The van der Waals surface area contributed by atoms with E-state index in [1.54, 1.807) is 24.3 Å². The Morgan fingerprint density at radius 2 is 1.94 bits per heavy atom. The van der Waals surface area contributed by atoms with Crippen molar-refractivity contribution in [3.05, 3.63) is 68.8 Å². The van der Waals surface area contributed by atoms with E-state index in [0.29, 0.717) is 22.6 Å². The average Bonchev–Trinajstić information content (AvgIpc) is 3.08. The fourth-order valence-electron chi connectivity index (χ4n) is 3.81. The summed E-state index contributed by atoms with van der Waals surface area (Å²) >= 11 is 1.46. The molecule has 0 saturated heterocycles. The normalized spacial score (nSPS) is 15.5. The molecule has 0 saturated carbocycles. The molecule has 10 nitrogen and oxygen atoms in total. The van der Waals surface area contributed by atoms with Gasteiger partial charge in [0.05, 0.1) is 22.7 Å². The van der Waals surface area contributed by atoms with E-state index in [4.69, 9.17) is 14.2 Å². The van der Waals surface area contributed by atoms with Gasteiger partial charge in [-0.05, 0) is 30.6 Å². The number of nitrogens with zero attached hydrogens (tertiary/aromatic N) is 2. The van der Waals surface area contributed by atoms with Crippen molar-refractivity contribution in [2.75, 3.05) is 18.8 Å². The number of amides is 2. The van der Waals surface area contributed by atoms with Crippen LogP contribution in [0.4, 0.5) is 5.69 Å². The third-order valence-electron chi connectivity index (χ3n) is 5.36. The molecule has 2 aliphatic heterocycles. The summed E-state index contributed by atoms with van der Waals surface area (Å²) in [7, 11) is 0. The molecule has 0 spiro atoms. The van der Waals surface area contributed by atoms with Crippen LogP contribution < -0.4 is 4.74 Å². The molecule has 172 valence electrons. The second-order valence-electron chi connectivity index (χ2n) is 7.39. The van der Waals surface area contributed by atoms with Gasteiger partial charge in [0, 0.05) is 23.3 Å². The van der Waals surface area contributed by atoms with Crippen LogP contribution in [0, 0.1) is 10.1 Å². The highest BCUT2D eigenvalue weighted by molar-refractivity contribution is 7.98. The van der Waals surface area contributed by atoms with Gasteiger partial charge in [-0.1, -0.05) is 12.1 Å². The Bertz CT molecular complexity index is 1100. The molecule has 0 N–H and O–H groups in total. The van der Waals surface area contributed by atoms with E-state index in [1.165, 1.54) is 23.9 Å². The fraction of sp³-hybridized carbons (Fsp3) is 0.318. The van der Waals surface area contributed by atoms with Crippen molar-refractivity contribution in [1.82, 2.24) is 4.90 Å². The molecule has 2 heterocycles. The predicted octanol–water partition coefficient (Wildman–Crippen LogP) is 2.92. The largest absolute Gasteiger partial charge is 0.467 e. The van der Waals surface area contributed by atoms with Crippen LogP contribution in [0.15, 0.2) is 36.4 Å². The molecule has 4 rings (SSSR count). The number of ether oxygens (including phenoxy) is 3. The van der Waals surface area contributed by atoms with Gasteiger partial charge in [0.15, 0.2) is 6.79 Å². The van der Waals surface area contributed by atoms with Gasteiger partial charge in [0.1, 0.15) is 18.4 Å². The smallest absolute Gasteiger partial charge is 0.329 e. The molecule has 33 heavy (non-hydrogen) atoms. The van der Waals surface area contributed by atoms with Gasteiger partial charge >= 0.3 is 5.97 Å². The van der Waals surface area contributed by atoms with E-state index < -0.39 is 28.7 Å². The summed E-state index contributed by atoms with van der Waals surface area (Å²) in [5.74, 6) is -0.995. The number of non-ortho nitro benzene ring substituents is 1. The Hall–Kier alpha value is -3.44. The average molecular weight is 472 g/mol. The van der Waals surface area contributed by atoms with Crippen LogP contribution in [-0.4, -0.2) is 52.5 Å². The number of carbonyl (C=O) groups excluding carboxylic acids is 3. The molecular weight excluding hydrogens is 452 g/mol. The van der Waals surface area contributed by atoms with Crippen molar-refractivity contribution in [2.45, 2.75) is 25.7 Å². The first-order valence-electron chi connectivity index (χ1n) is 10.1. The van der Waals surface area contributed by atoms with Crippen LogP contribution in [0.2, 0.25) is 0 Å². The SMILES string of the molecule is CSCCC(C(=O)OCc1cc([N+](=O)[O-])cc2c1OCOC2)N1C(=O)c2ccccc2C1=O. The van der Waals surface area contributed by atoms with Gasteiger partial charge in [-0.2, -0.15) is 11.8 Å². The van der Waals surface area contributed by atoms with E-state index in [2.05, 4.69) is 0 Å². The Balaban J connectivity index is 1.57. The van der Waals surface area contributed by atoms with Crippen LogP contribution in [0.25, 0.3) is 0 Å². The summed E-state index contributed by atoms with van der Waals surface area (Å²) in [5.41, 5.74) is 1.08. The molecule has 2 amide bonds. The van der Waals surface area contributed by atoms with Crippen molar-refractivity contribution < 1.29 is 33.5 Å². The number of carbonyl (C=O) groups is 3. The summed E-state index contributed by atoms with van der Waals surface area (Å²) < 4.78 is 16.1. The number of fused-ring (bicyclic) bond motifs is 2. The maximum atomic E-state index is 13.1. The highest BCUT2D eigenvalue weighted by Gasteiger charge is 2.43. The van der Waals surface area contributed by atoms with Gasteiger partial charge in [0.2, 0.25) is 0 Å². The molecule has 11 heteroatoms. The lowest BCUT2D eigenvalue weighted by Gasteiger charge is -2.25. The van der Waals surface area contributed by atoms with Crippen LogP contribution in [0.5, 0.6) is 5.75 Å². The third-order valence-corrected chi connectivity index (χ3v) is 6.00. The van der Waals surface area contributed by atoms with Gasteiger partial charge in [0.25, 0.3) is 17.5 Å². The number of imide groups is 1. The molecule has 0 radical (unpaired) electrons. The number of nitro benzene ring substituents is 1. The third kappa shape index (κ3) is 4.41. The molecular formula is C22H20N2O8S. The van der Waals surface area contributed by atoms with Crippen LogP contribution in [0.1, 0.15) is 38.3 Å². The number of esters is 1. The zero-order valence-corrected chi connectivity index (χ0v) is 18.5. The Morgan fingerprint density at radius 3 is 2.58 bits per heavy atom. The summed E-state index contributed by atoms with van der Waals surface area (Å²) in [6.45, 7) is -0.220. The van der Waals surface area contributed by atoms with E-state index in [0.717, 1.165) is 4.90 Å². The number of benzene rings is 2. The minimum atomic E-state index is -1.12. The van der Waals surface area contributed by atoms with Gasteiger partial charge in [-0.25, -0.2) is 4.79 Å². The summed E-state index contributed by atoms with van der Waals surface area (Å²) in [6.07, 6.45) is 2.06. The highest BCUT2D eigenvalue weighted by atomic mass is 32.2. The minimum absolute atomic E-state index is 0.0306. The van der Waals surface area contributed by atoms with Crippen molar-refractivity contribution in [2.24, 2.45) is 0 Å². The Labute approximate surface area is 192 Å². The van der Waals surface area contributed by atoms with E-state index in [1.807, 2.05) is 6.26 Å². The first kappa shape index (κ1) is 22.7. The first-order valence-corrected chi connectivity index (χ1v) is 11.4. The van der Waals surface area contributed by atoms with Crippen molar-refractivity contribution in [3.63, 3.8) is 0 Å². The lowest BCUT2D eigenvalue weighted by molar-refractivity contribution is -0.385. The highest BCUT2D eigenvalue weighted by Crippen LogP contribution is 2.33. The summed E-state index contributed by atoms with van der Waals surface area (Å²) in [4.78, 5) is 50.5. The molecule has 1 unspecified atom stereocenters. The monoisotopic (exact) mass is 472 g/mol. The molecule has 1 atom stereocenters. The Kier molecular flexibility index (Phi) is 6.61. The molecule has 2 aromatic rings. The van der Waals surface area contributed by atoms with Gasteiger partial charge in [-0.15, -0.1) is 0 Å². The van der Waals surface area contributed by atoms with Crippen LogP contribution in [-0.2, 0) is 27.5 Å². The quantitative estimate of drug-likeness (QED) is 0.247. The van der Waals surface area contributed by atoms with Crippen molar-refractivity contribution in [3.8, 4) is 5.75 Å². The van der Waals surface area contributed by atoms with Crippen LogP contribution in [0.3, 0.4) is 0 Å². The minimum Gasteiger partial charge on any atom is -0.467 e. The van der Waals surface area contributed by atoms with E-state index >= 15 is 0 Å². The second kappa shape index (κ2) is 9.59. The molecule has 2 aliphatic rings. The standard InChI is InChI=1S/C22H20N2O8S/c1-33-7-6-18(23-20(25)16-4-2-3-5-17(16)21(23)26)22(27)31-11-14-9-15(24(28)29)8-13-10-30-12-32-19(13)14/h2-5,8-9,18H,6-7,10-12H2,1H3. The molecule has 2 aromatic carbocycles. The molecule has 0 fully saturated rings. The second-order valence-corrected chi connectivity index (χ2v) is 8.38. The summed E-state index contributed by atoms with van der Waals surface area (Å²) in [5, 5.41) is 11.3. The van der Waals surface area contributed by atoms with Crippen LogP contribution >= 0.6 is 11.8 Å². The number of nitro groups is 1. The maximum Gasteiger partial charge on any atom is 0.329 e. The maximum absolute atomic E-state index is 13.1. The number of rotatable bonds is 8. The Morgan fingerprint density at radius 1 is 1.24 bits per heavy atom. The van der Waals surface area contributed by atoms with Gasteiger partial charge < -0.3 is 14.2 Å². The molecule has 0 bridgehead atoms. The zero-order chi connectivity index (χ0) is 23.5. The lowest BCUT2D eigenvalue weighted by Crippen LogP contribution is -2.46. The van der Waals surface area contributed by atoms with E-state index in [9.17, 15) is 24.5 Å². The first-order chi connectivity index (χ1) is 15.9. The number of hydrogen-bond donors (Lipinski definition) is 0. The lowest BCUT2D eigenvalue weighted by atomic mass is 10.1.